The number of rotatable bonds is 4. The summed E-state index contributed by atoms with van der Waals surface area (Å²) in [5.74, 6) is -0.113. The van der Waals surface area contributed by atoms with Crippen LogP contribution in [0.25, 0.3) is 11.0 Å². The second kappa shape index (κ2) is 9.27. The number of carbonyl (C=O) groups is 1. The molecule has 0 atom stereocenters. The summed E-state index contributed by atoms with van der Waals surface area (Å²) in [6.07, 6.45) is 0. The second-order valence-corrected chi connectivity index (χ2v) is 8.91. The van der Waals surface area contributed by atoms with Gasteiger partial charge in [0.05, 0.1) is 11.4 Å². The van der Waals surface area contributed by atoms with Crippen LogP contribution in [-0.4, -0.2) is 41.9 Å². The van der Waals surface area contributed by atoms with E-state index in [-0.39, 0.29) is 23.1 Å². The summed E-state index contributed by atoms with van der Waals surface area (Å²) in [6, 6.07) is 26.1. The molecule has 1 saturated heterocycles. The lowest BCUT2D eigenvalue weighted by Crippen LogP contribution is -2.50. The summed E-state index contributed by atoms with van der Waals surface area (Å²) < 4.78 is 5.98. The molecule has 0 saturated carbocycles. The number of aryl methyl sites for hydroxylation is 2. The first kappa shape index (κ1) is 22.1. The Morgan fingerprint density at radius 3 is 2.00 bits per heavy atom. The van der Waals surface area contributed by atoms with Gasteiger partial charge in [-0.25, -0.2) is 0 Å². The van der Waals surface area contributed by atoms with Crippen molar-refractivity contribution in [2.24, 2.45) is 0 Å². The fraction of sp³-hybridized carbons (Fsp3) is 0.241. The van der Waals surface area contributed by atoms with E-state index in [9.17, 15) is 9.59 Å². The van der Waals surface area contributed by atoms with E-state index >= 15 is 0 Å². The van der Waals surface area contributed by atoms with Gasteiger partial charge < -0.3 is 9.32 Å². The van der Waals surface area contributed by atoms with Crippen LogP contribution >= 0.6 is 0 Å². The van der Waals surface area contributed by atoms with Crippen molar-refractivity contribution in [2.45, 2.75) is 19.9 Å². The molecular weight excluding hydrogens is 424 g/mol. The molecule has 1 fully saturated rings. The van der Waals surface area contributed by atoms with Gasteiger partial charge in [-0.2, -0.15) is 0 Å². The second-order valence-electron chi connectivity index (χ2n) is 8.91. The quantitative estimate of drug-likeness (QED) is 0.439. The first-order valence-electron chi connectivity index (χ1n) is 11.7. The highest BCUT2D eigenvalue weighted by atomic mass is 16.3. The van der Waals surface area contributed by atoms with Gasteiger partial charge in [-0.15, -0.1) is 0 Å². The molecule has 172 valence electrons. The molecule has 2 heterocycles. The average Bonchev–Trinajstić information content (AvgIpc) is 2.88. The SMILES string of the molecule is Cc1ccc2c(=O)cc(C(=O)N3CCN(C(c4ccccc4)c4ccccc4)CC3)oc2c1C. The van der Waals surface area contributed by atoms with Crippen LogP contribution in [0, 0.1) is 13.8 Å². The summed E-state index contributed by atoms with van der Waals surface area (Å²) in [6.45, 7) is 6.50. The van der Waals surface area contributed by atoms with Crippen molar-refractivity contribution >= 4 is 16.9 Å². The fourth-order valence-corrected chi connectivity index (χ4v) is 4.78. The number of piperazine rings is 1. The Hall–Kier alpha value is -3.70. The summed E-state index contributed by atoms with van der Waals surface area (Å²) in [7, 11) is 0. The summed E-state index contributed by atoms with van der Waals surface area (Å²) in [5, 5.41) is 0.512. The molecule has 0 unspecified atom stereocenters. The molecule has 4 aromatic rings. The normalized spacial score (nSPS) is 14.6. The van der Waals surface area contributed by atoms with Crippen molar-refractivity contribution in [1.82, 2.24) is 9.80 Å². The van der Waals surface area contributed by atoms with Crippen LogP contribution in [0.5, 0.6) is 0 Å². The monoisotopic (exact) mass is 452 g/mol. The van der Waals surface area contributed by atoms with Gasteiger partial charge in [0.25, 0.3) is 5.91 Å². The molecule has 0 aliphatic carbocycles. The smallest absolute Gasteiger partial charge is 0.289 e. The molecule has 0 spiro atoms. The molecule has 1 aliphatic heterocycles. The number of carbonyl (C=O) groups excluding carboxylic acids is 1. The molecule has 1 amide bonds. The third-order valence-corrected chi connectivity index (χ3v) is 6.82. The molecule has 5 rings (SSSR count). The van der Waals surface area contributed by atoms with Crippen molar-refractivity contribution in [3.8, 4) is 0 Å². The number of hydrogen-bond acceptors (Lipinski definition) is 4. The Morgan fingerprint density at radius 2 is 1.41 bits per heavy atom. The molecule has 0 N–H and O–H groups in total. The summed E-state index contributed by atoms with van der Waals surface area (Å²) >= 11 is 0. The predicted octanol–water partition coefficient (Wildman–Crippen LogP) is 4.96. The summed E-state index contributed by atoms with van der Waals surface area (Å²) in [4.78, 5) is 30.2. The largest absolute Gasteiger partial charge is 0.450 e. The van der Waals surface area contributed by atoms with Gasteiger partial charge in [-0.05, 0) is 42.2 Å². The van der Waals surface area contributed by atoms with Crippen molar-refractivity contribution in [3.05, 3.63) is 117 Å². The molecule has 5 heteroatoms. The van der Waals surface area contributed by atoms with Gasteiger partial charge >= 0.3 is 0 Å². The zero-order chi connectivity index (χ0) is 23.7. The van der Waals surface area contributed by atoms with Gasteiger partial charge in [-0.3, -0.25) is 14.5 Å². The number of benzene rings is 3. The minimum atomic E-state index is -0.226. The third kappa shape index (κ3) is 4.15. The van der Waals surface area contributed by atoms with Crippen molar-refractivity contribution in [2.75, 3.05) is 26.2 Å². The lowest BCUT2D eigenvalue weighted by molar-refractivity contribution is 0.0568. The number of fused-ring (bicyclic) bond motifs is 1. The Balaban J connectivity index is 1.38. The van der Waals surface area contributed by atoms with E-state index in [4.69, 9.17) is 4.42 Å². The lowest BCUT2D eigenvalue weighted by atomic mass is 9.96. The van der Waals surface area contributed by atoms with E-state index in [1.807, 2.05) is 32.0 Å². The maximum absolute atomic E-state index is 13.3. The maximum Gasteiger partial charge on any atom is 0.289 e. The number of nitrogens with zero attached hydrogens (tertiary/aromatic N) is 2. The Morgan fingerprint density at radius 1 is 0.824 bits per heavy atom. The molecule has 5 nitrogen and oxygen atoms in total. The molecule has 1 aliphatic rings. The predicted molar refractivity (Wildman–Crippen MR) is 134 cm³/mol. The van der Waals surface area contributed by atoms with Gasteiger partial charge in [0.1, 0.15) is 5.58 Å². The topological polar surface area (TPSA) is 53.8 Å². The molecule has 3 aromatic carbocycles. The van der Waals surface area contributed by atoms with E-state index in [2.05, 4.69) is 53.4 Å². The van der Waals surface area contributed by atoms with Gasteiger partial charge in [-0.1, -0.05) is 66.7 Å². The zero-order valence-corrected chi connectivity index (χ0v) is 19.5. The van der Waals surface area contributed by atoms with E-state index in [0.29, 0.717) is 24.1 Å². The lowest BCUT2D eigenvalue weighted by Gasteiger charge is -2.39. The number of hydrogen-bond donors (Lipinski definition) is 0. The fourth-order valence-electron chi connectivity index (χ4n) is 4.78. The molecular formula is C29H28N2O3. The zero-order valence-electron chi connectivity index (χ0n) is 19.5. The van der Waals surface area contributed by atoms with Crippen LogP contribution in [0.3, 0.4) is 0 Å². The van der Waals surface area contributed by atoms with Gasteiger partial charge in [0, 0.05) is 32.2 Å². The Kier molecular flexibility index (Phi) is 6.03. The van der Waals surface area contributed by atoms with Crippen molar-refractivity contribution in [3.63, 3.8) is 0 Å². The molecule has 0 bridgehead atoms. The molecule has 34 heavy (non-hydrogen) atoms. The maximum atomic E-state index is 13.3. The standard InChI is InChI=1S/C29H28N2O3/c1-20-13-14-24-25(32)19-26(34-28(24)21(20)2)29(33)31-17-15-30(16-18-31)27(22-9-5-3-6-10-22)23-11-7-4-8-12-23/h3-14,19,27H,15-18H2,1-2H3. The Labute approximate surface area is 199 Å². The van der Waals surface area contributed by atoms with Crippen LogP contribution in [-0.2, 0) is 0 Å². The van der Waals surface area contributed by atoms with E-state index in [1.54, 1.807) is 11.0 Å². The summed E-state index contributed by atoms with van der Waals surface area (Å²) in [5.41, 5.74) is 4.71. The van der Waals surface area contributed by atoms with Crippen LogP contribution in [0.15, 0.2) is 88.1 Å². The minimum absolute atomic E-state index is 0.113. The van der Waals surface area contributed by atoms with Crippen molar-refractivity contribution in [1.29, 1.82) is 0 Å². The Bertz CT molecular complexity index is 1330. The first-order chi connectivity index (χ1) is 16.5. The van der Waals surface area contributed by atoms with Crippen LogP contribution < -0.4 is 5.43 Å². The minimum Gasteiger partial charge on any atom is -0.450 e. The highest BCUT2D eigenvalue weighted by Crippen LogP contribution is 2.30. The van der Waals surface area contributed by atoms with Gasteiger partial charge in [0.2, 0.25) is 0 Å². The average molecular weight is 453 g/mol. The van der Waals surface area contributed by atoms with E-state index < -0.39 is 0 Å². The van der Waals surface area contributed by atoms with E-state index in [0.717, 1.165) is 24.2 Å². The highest BCUT2D eigenvalue weighted by molar-refractivity contribution is 5.93. The van der Waals surface area contributed by atoms with Crippen LogP contribution in [0.2, 0.25) is 0 Å². The first-order valence-corrected chi connectivity index (χ1v) is 11.7. The number of amides is 1. The molecule has 1 aromatic heterocycles. The molecule has 0 radical (unpaired) electrons. The highest BCUT2D eigenvalue weighted by Gasteiger charge is 2.29. The van der Waals surface area contributed by atoms with Crippen molar-refractivity contribution < 1.29 is 9.21 Å². The third-order valence-electron chi connectivity index (χ3n) is 6.82. The van der Waals surface area contributed by atoms with Gasteiger partial charge in [0.15, 0.2) is 11.2 Å². The van der Waals surface area contributed by atoms with Crippen LogP contribution in [0.4, 0.5) is 0 Å². The van der Waals surface area contributed by atoms with Crippen LogP contribution in [0.1, 0.15) is 38.9 Å². The van der Waals surface area contributed by atoms with E-state index in [1.165, 1.54) is 17.2 Å².